The highest BCUT2D eigenvalue weighted by Gasteiger charge is 2.25. The van der Waals surface area contributed by atoms with Crippen LogP contribution in [-0.2, 0) is 14.8 Å². The molecule has 118 valence electrons. The molecule has 0 atom stereocenters. The minimum absolute atomic E-state index is 0.200. The first-order chi connectivity index (χ1) is 9.89. The molecule has 9 heteroatoms. The number of hydrogen-bond donors (Lipinski definition) is 3. The quantitative estimate of drug-likeness (QED) is 0.578. The zero-order chi connectivity index (χ0) is 15.5. The second kappa shape index (κ2) is 6.54. The third kappa shape index (κ3) is 4.51. The van der Waals surface area contributed by atoms with Crippen LogP contribution in [0.3, 0.4) is 0 Å². The molecule has 0 aromatic carbocycles. The number of nitrogens with two attached hydrogens (primary N) is 1. The number of aromatic amines is 1. The SMILES string of the molecule is Cc1[nH]nc(C(=O)NCCCOCC2CC2)c1S(N)(=O)=O. The number of primary sulfonamides is 1. The van der Waals surface area contributed by atoms with Crippen molar-refractivity contribution in [2.24, 2.45) is 11.1 Å². The Balaban J connectivity index is 1.80. The molecule has 0 radical (unpaired) electrons. The Bertz CT molecular complexity index is 607. The Hall–Kier alpha value is -1.45. The minimum Gasteiger partial charge on any atom is -0.381 e. The summed E-state index contributed by atoms with van der Waals surface area (Å²) in [7, 11) is -3.99. The van der Waals surface area contributed by atoms with Crippen LogP contribution in [0.15, 0.2) is 4.90 Å². The van der Waals surface area contributed by atoms with Gasteiger partial charge in [0.15, 0.2) is 5.69 Å². The van der Waals surface area contributed by atoms with Gasteiger partial charge >= 0.3 is 0 Å². The van der Waals surface area contributed by atoms with E-state index in [0.29, 0.717) is 25.5 Å². The Labute approximate surface area is 123 Å². The Morgan fingerprint density at radius 1 is 1.52 bits per heavy atom. The molecule has 0 bridgehead atoms. The first-order valence-corrected chi connectivity index (χ1v) is 8.38. The number of nitrogens with zero attached hydrogens (tertiary/aromatic N) is 1. The molecule has 2 rings (SSSR count). The summed E-state index contributed by atoms with van der Waals surface area (Å²) in [6.07, 6.45) is 3.14. The lowest BCUT2D eigenvalue weighted by Crippen LogP contribution is -2.28. The van der Waals surface area contributed by atoms with Crippen molar-refractivity contribution in [2.75, 3.05) is 19.8 Å². The van der Waals surface area contributed by atoms with Crippen molar-refractivity contribution in [3.8, 4) is 0 Å². The van der Waals surface area contributed by atoms with Crippen LogP contribution < -0.4 is 10.5 Å². The molecule has 1 aromatic rings. The summed E-state index contributed by atoms with van der Waals surface area (Å²) in [5, 5.41) is 13.8. The molecule has 8 nitrogen and oxygen atoms in total. The average Bonchev–Trinajstić information content (AvgIpc) is 3.12. The molecule has 1 aromatic heterocycles. The van der Waals surface area contributed by atoms with Crippen molar-refractivity contribution in [3.63, 3.8) is 0 Å². The largest absolute Gasteiger partial charge is 0.381 e. The van der Waals surface area contributed by atoms with Gasteiger partial charge in [0.05, 0.1) is 5.69 Å². The number of aryl methyl sites for hydroxylation is 1. The topological polar surface area (TPSA) is 127 Å². The van der Waals surface area contributed by atoms with Gasteiger partial charge < -0.3 is 10.1 Å². The third-order valence-electron chi connectivity index (χ3n) is 3.19. The molecule has 1 heterocycles. The third-order valence-corrected chi connectivity index (χ3v) is 4.26. The average molecular weight is 316 g/mol. The van der Waals surface area contributed by atoms with Crippen LogP contribution in [0.2, 0.25) is 0 Å². The predicted octanol–water partition coefficient (Wildman–Crippen LogP) is -0.0880. The number of aromatic nitrogens is 2. The Morgan fingerprint density at radius 3 is 2.86 bits per heavy atom. The minimum atomic E-state index is -3.99. The van der Waals surface area contributed by atoms with E-state index in [2.05, 4.69) is 15.5 Å². The van der Waals surface area contributed by atoms with Gasteiger partial charge in [0, 0.05) is 19.8 Å². The predicted molar refractivity (Wildman–Crippen MR) is 75.2 cm³/mol. The molecule has 4 N–H and O–H groups in total. The normalized spacial score (nSPS) is 15.1. The van der Waals surface area contributed by atoms with E-state index in [1.165, 1.54) is 19.8 Å². The first kappa shape index (κ1) is 15.9. The molecule has 21 heavy (non-hydrogen) atoms. The molecule has 0 unspecified atom stereocenters. The molecule has 1 fully saturated rings. The van der Waals surface area contributed by atoms with Crippen molar-refractivity contribution < 1.29 is 17.9 Å². The van der Waals surface area contributed by atoms with Crippen LogP contribution in [-0.4, -0.2) is 44.3 Å². The fourth-order valence-electron chi connectivity index (χ4n) is 1.92. The lowest BCUT2D eigenvalue weighted by atomic mass is 10.3. The number of amides is 1. The number of H-pyrrole nitrogens is 1. The van der Waals surface area contributed by atoms with Crippen LogP contribution in [0.4, 0.5) is 0 Å². The van der Waals surface area contributed by atoms with Gasteiger partial charge in [-0.25, -0.2) is 13.6 Å². The van der Waals surface area contributed by atoms with Gasteiger partial charge in [0.1, 0.15) is 4.90 Å². The number of carbonyl (C=O) groups is 1. The van der Waals surface area contributed by atoms with Crippen LogP contribution in [0, 0.1) is 12.8 Å². The number of sulfonamides is 1. The second-order valence-corrected chi connectivity index (χ2v) is 6.70. The summed E-state index contributed by atoms with van der Waals surface area (Å²) in [5.41, 5.74) is 0.0457. The van der Waals surface area contributed by atoms with Crippen LogP contribution >= 0.6 is 0 Å². The lowest BCUT2D eigenvalue weighted by molar-refractivity contribution is 0.0929. The van der Waals surface area contributed by atoms with Gasteiger partial charge in [-0.2, -0.15) is 5.10 Å². The highest BCUT2D eigenvalue weighted by molar-refractivity contribution is 7.89. The summed E-state index contributed by atoms with van der Waals surface area (Å²) in [4.78, 5) is 11.7. The van der Waals surface area contributed by atoms with E-state index in [9.17, 15) is 13.2 Å². The molecule has 1 amide bonds. The summed E-state index contributed by atoms with van der Waals surface area (Å²) >= 11 is 0. The van der Waals surface area contributed by atoms with E-state index < -0.39 is 15.9 Å². The molecular formula is C12H20N4O4S. The van der Waals surface area contributed by atoms with E-state index in [0.717, 1.165) is 6.61 Å². The number of ether oxygens (including phenoxy) is 1. The maximum atomic E-state index is 11.9. The number of rotatable bonds is 8. The highest BCUT2D eigenvalue weighted by atomic mass is 32.2. The number of hydrogen-bond acceptors (Lipinski definition) is 5. The van der Waals surface area contributed by atoms with Crippen molar-refractivity contribution in [1.82, 2.24) is 15.5 Å². The fourth-order valence-corrected chi connectivity index (χ4v) is 2.80. The molecule has 0 saturated heterocycles. The van der Waals surface area contributed by atoms with Crippen LogP contribution in [0.5, 0.6) is 0 Å². The molecule has 1 saturated carbocycles. The Morgan fingerprint density at radius 2 is 2.24 bits per heavy atom. The molecular weight excluding hydrogens is 296 g/mol. The Kier molecular flexibility index (Phi) is 4.96. The van der Waals surface area contributed by atoms with E-state index >= 15 is 0 Å². The first-order valence-electron chi connectivity index (χ1n) is 6.83. The van der Waals surface area contributed by atoms with Gasteiger partial charge in [-0.15, -0.1) is 0 Å². The highest BCUT2D eigenvalue weighted by Crippen LogP contribution is 2.28. The maximum absolute atomic E-state index is 11.9. The van der Waals surface area contributed by atoms with E-state index in [4.69, 9.17) is 9.88 Å². The molecule has 0 aliphatic heterocycles. The van der Waals surface area contributed by atoms with E-state index in [1.807, 2.05) is 0 Å². The van der Waals surface area contributed by atoms with Gasteiger partial charge in [0.25, 0.3) is 5.91 Å². The monoisotopic (exact) mass is 316 g/mol. The molecule has 0 spiro atoms. The second-order valence-electron chi connectivity index (χ2n) is 5.20. The van der Waals surface area contributed by atoms with Gasteiger partial charge in [-0.1, -0.05) is 0 Å². The summed E-state index contributed by atoms with van der Waals surface area (Å²) in [6, 6.07) is 0. The van der Waals surface area contributed by atoms with Crippen molar-refractivity contribution in [3.05, 3.63) is 11.4 Å². The zero-order valence-corrected chi connectivity index (χ0v) is 12.7. The van der Waals surface area contributed by atoms with Gasteiger partial charge in [-0.3, -0.25) is 9.89 Å². The molecule has 1 aliphatic rings. The zero-order valence-electron chi connectivity index (χ0n) is 11.9. The molecule has 1 aliphatic carbocycles. The van der Waals surface area contributed by atoms with Gasteiger partial charge in [-0.05, 0) is 32.1 Å². The van der Waals surface area contributed by atoms with E-state index in [1.54, 1.807) is 0 Å². The maximum Gasteiger partial charge on any atom is 0.273 e. The lowest BCUT2D eigenvalue weighted by Gasteiger charge is -2.05. The van der Waals surface area contributed by atoms with Crippen molar-refractivity contribution in [1.29, 1.82) is 0 Å². The van der Waals surface area contributed by atoms with Crippen molar-refractivity contribution in [2.45, 2.75) is 31.1 Å². The van der Waals surface area contributed by atoms with Crippen LogP contribution in [0.1, 0.15) is 35.4 Å². The standard InChI is InChI=1S/C12H20N4O4S/c1-8-11(21(13,18)19)10(16-15-8)12(17)14-5-2-6-20-7-9-3-4-9/h9H,2-7H2,1H3,(H,14,17)(H,15,16)(H2,13,18,19). The van der Waals surface area contributed by atoms with Crippen LogP contribution in [0.25, 0.3) is 0 Å². The summed E-state index contributed by atoms with van der Waals surface area (Å²) < 4.78 is 28.3. The number of nitrogens with one attached hydrogen (secondary N) is 2. The van der Waals surface area contributed by atoms with Crippen molar-refractivity contribution >= 4 is 15.9 Å². The summed E-state index contributed by atoms with van der Waals surface area (Å²) in [6.45, 7) is 3.23. The summed E-state index contributed by atoms with van der Waals surface area (Å²) in [5.74, 6) is 0.148. The number of carbonyl (C=O) groups excluding carboxylic acids is 1. The smallest absolute Gasteiger partial charge is 0.273 e. The fraction of sp³-hybridized carbons (Fsp3) is 0.667. The van der Waals surface area contributed by atoms with E-state index in [-0.39, 0.29) is 16.3 Å². The van der Waals surface area contributed by atoms with Gasteiger partial charge in [0.2, 0.25) is 10.0 Å².